The van der Waals surface area contributed by atoms with Crippen LogP contribution < -0.4 is 10.2 Å². The van der Waals surface area contributed by atoms with Crippen molar-refractivity contribution in [3.63, 3.8) is 0 Å². The first kappa shape index (κ1) is 12.2. The van der Waals surface area contributed by atoms with Crippen molar-refractivity contribution in [3.05, 3.63) is 17.3 Å². The van der Waals surface area contributed by atoms with E-state index < -0.39 is 0 Å². The van der Waals surface area contributed by atoms with Crippen molar-refractivity contribution in [1.29, 1.82) is 0 Å². The van der Waals surface area contributed by atoms with Crippen molar-refractivity contribution >= 4 is 17.4 Å². The molecule has 0 bridgehead atoms. The third-order valence-corrected chi connectivity index (χ3v) is 4.13. The monoisotopic (exact) mass is 266 g/mol. The Balaban J connectivity index is 1.60. The van der Waals surface area contributed by atoms with Gasteiger partial charge in [0.2, 0.25) is 0 Å². The number of nitrogens with zero attached hydrogens (tertiary/aromatic N) is 3. The van der Waals surface area contributed by atoms with Crippen molar-refractivity contribution < 1.29 is 0 Å². The third-order valence-electron chi connectivity index (χ3n) is 3.93. The molecule has 1 aromatic rings. The largest absolute Gasteiger partial charge is 0.353 e. The molecular formula is C13H19ClN4. The second-order valence-electron chi connectivity index (χ2n) is 5.77. The number of aromatic nitrogens is 2. The van der Waals surface area contributed by atoms with Gasteiger partial charge in [0.05, 0.1) is 0 Å². The van der Waals surface area contributed by atoms with E-state index in [0.29, 0.717) is 5.15 Å². The van der Waals surface area contributed by atoms with Crippen LogP contribution in [0.2, 0.25) is 5.15 Å². The van der Waals surface area contributed by atoms with Gasteiger partial charge in [-0.05, 0) is 50.8 Å². The molecule has 0 radical (unpaired) electrons. The lowest BCUT2D eigenvalue weighted by Crippen LogP contribution is -2.45. The van der Waals surface area contributed by atoms with Crippen LogP contribution in [-0.2, 0) is 0 Å². The molecule has 1 unspecified atom stereocenters. The minimum atomic E-state index is 0.212. The summed E-state index contributed by atoms with van der Waals surface area (Å²) in [6, 6.07) is 3.75. The summed E-state index contributed by atoms with van der Waals surface area (Å²) in [6.07, 6.45) is 3.95. The highest BCUT2D eigenvalue weighted by Gasteiger charge is 2.35. The Morgan fingerprint density at radius 3 is 2.94 bits per heavy atom. The van der Waals surface area contributed by atoms with Crippen LogP contribution in [0.25, 0.3) is 0 Å². The van der Waals surface area contributed by atoms with Gasteiger partial charge in [0.15, 0.2) is 11.0 Å². The summed E-state index contributed by atoms with van der Waals surface area (Å²) in [5, 5.41) is 12.2. The average molecular weight is 267 g/mol. The Labute approximate surface area is 113 Å². The maximum Gasteiger partial charge on any atom is 0.151 e. The van der Waals surface area contributed by atoms with Crippen LogP contribution in [0, 0.1) is 5.92 Å². The fourth-order valence-corrected chi connectivity index (χ4v) is 2.59. The SMILES string of the molecule is CC1(NCC2CC2)CCN(c2ccc(Cl)nn2)C1. The van der Waals surface area contributed by atoms with Crippen LogP contribution >= 0.6 is 11.6 Å². The van der Waals surface area contributed by atoms with E-state index in [1.807, 2.05) is 6.07 Å². The Morgan fingerprint density at radius 1 is 1.44 bits per heavy atom. The normalized spacial score (nSPS) is 27.8. The van der Waals surface area contributed by atoms with Crippen molar-refractivity contribution in [2.24, 2.45) is 5.92 Å². The highest BCUT2D eigenvalue weighted by molar-refractivity contribution is 6.29. The predicted molar refractivity (Wildman–Crippen MR) is 73.0 cm³/mol. The summed E-state index contributed by atoms with van der Waals surface area (Å²) in [7, 11) is 0. The summed E-state index contributed by atoms with van der Waals surface area (Å²) in [5.41, 5.74) is 0.212. The molecule has 5 heteroatoms. The van der Waals surface area contributed by atoms with Gasteiger partial charge < -0.3 is 10.2 Å². The first-order valence-corrected chi connectivity index (χ1v) is 7.02. The van der Waals surface area contributed by atoms with Crippen LogP contribution in [0.15, 0.2) is 12.1 Å². The fourth-order valence-electron chi connectivity index (χ4n) is 2.49. The van der Waals surface area contributed by atoms with E-state index in [1.54, 1.807) is 6.07 Å². The molecule has 3 rings (SSSR count). The van der Waals surface area contributed by atoms with Crippen molar-refractivity contribution in [2.75, 3.05) is 24.5 Å². The number of rotatable bonds is 4. The summed E-state index contributed by atoms with van der Waals surface area (Å²) >= 11 is 5.76. The molecule has 1 aliphatic heterocycles. The molecule has 0 spiro atoms. The molecule has 2 aliphatic rings. The second-order valence-corrected chi connectivity index (χ2v) is 6.16. The maximum absolute atomic E-state index is 5.76. The van der Waals surface area contributed by atoms with Gasteiger partial charge >= 0.3 is 0 Å². The topological polar surface area (TPSA) is 41.0 Å². The standard InChI is InChI=1S/C13H19ClN4/c1-13(15-8-10-2-3-10)6-7-18(9-13)12-5-4-11(14)16-17-12/h4-5,10,15H,2-3,6-9H2,1H3. The second kappa shape index (κ2) is 4.67. The number of hydrogen-bond acceptors (Lipinski definition) is 4. The van der Waals surface area contributed by atoms with E-state index in [1.165, 1.54) is 12.8 Å². The highest BCUT2D eigenvalue weighted by Crippen LogP contribution is 2.30. The number of nitrogens with one attached hydrogen (secondary N) is 1. The smallest absolute Gasteiger partial charge is 0.151 e. The number of anilines is 1. The molecule has 2 fully saturated rings. The van der Waals surface area contributed by atoms with Crippen molar-refractivity contribution in [1.82, 2.24) is 15.5 Å². The van der Waals surface area contributed by atoms with Crippen LogP contribution in [0.3, 0.4) is 0 Å². The van der Waals surface area contributed by atoms with Gasteiger partial charge in [-0.1, -0.05) is 11.6 Å². The molecule has 0 amide bonds. The zero-order valence-corrected chi connectivity index (χ0v) is 11.5. The van der Waals surface area contributed by atoms with Crippen LogP contribution in [0.4, 0.5) is 5.82 Å². The summed E-state index contributed by atoms with van der Waals surface area (Å²) < 4.78 is 0. The lowest BCUT2D eigenvalue weighted by Gasteiger charge is -2.26. The summed E-state index contributed by atoms with van der Waals surface area (Å²) in [5.74, 6) is 1.85. The Hall–Kier alpha value is -0.870. The Morgan fingerprint density at radius 2 is 2.28 bits per heavy atom. The van der Waals surface area contributed by atoms with Crippen molar-refractivity contribution in [2.45, 2.75) is 31.7 Å². The first-order valence-electron chi connectivity index (χ1n) is 6.64. The van der Waals surface area contributed by atoms with Crippen LogP contribution in [0.5, 0.6) is 0 Å². The number of halogens is 1. The Kier molecular flexibility index (Phi) is 3.16. The lowest BCUT2D eigenvalue weighted by atomic mass is 10.0. The van der Waals surface area contributed by atoms with Gasteiger partial charge in [-0.2, -0.15) is 0 Å². The van der Waals surface area contributed by atoms with Gasteiger partial charge in [0.25, 0.3) is 0 Å². The highest BCUT2D eigenvalue weighted by atomic mass is 35.5. The molecule has 1 atom stereocenters. The quantitative estimate of drug-likeness (QED) is 0.906. The zero-order valence-electron chi connectivity index (χ0n) is 10.7. The van der Waals surface area contributed by atoms with E-state index in [2.05, 4.69) is 27.3 Å². The van der Waals surface area contributed by atoms with Gasteiger partial charge in [0, 0.05) is 18.6 Å². The molecule has 1 saturated heterocycles. The summed E-state index contributed by atoms with van der Waals surface area (Å²) in [4.78, 5) is 2.28. The van der Waals surface area contributed by atoms with E-state index in [0.717, 1.165) is 37.8 Å². The van der Waals surface area contributed by atoms with E-state index >= 15 is 0 Å². The van der Waals surface area contributed by atoms with Gasteiger partial charge in [-0.15, -0.1) is 10.2 Å². The molecule has 1 N–H and O–H groups in total. The number of hydrogen-bond donors (Lipinski definition) is 1. The predicted octanol–water partition coefficient (Wildman–Crippen LogP) is 2.10. The maximum atomic E-state index is 5.76. The van der Waals surface area contributed by atoms with Crippen LogP contribution in [0.1, 0.15) is 26.2 Å². The van der Waals surface area contributed by atoms with Crippen molar-refractivity contribution in [3.8, 4) is 0 Å². The van der Waals surface area contributed by atoms with Crippen LogP contribution in [-0.4, -0.2) is 35.4 Å². The van der Waals surface area contributed by atoms with Gasteiger partial charge in [-0.25, -0.2) is 0 Å². The van der Waals surface area contributed by atoms with Gasteiger partial charge in [-0.3, -0.25) is 0 Å². The molecule has 1 aromatic heterocycles. The van der Waals surface area contributed by atoms with Gasteiger partial charge in [0.1, 0.15) is 0 Å². The van der Waals surface area contributed by atoms with E-state index in [-0.39, 0.29) is 5.54 Å². The third kappa shape index (κ3) is 2.75. The Bertz CT molecular complexity index is 418. The molecule has 1 aliphatic carbocycles. The minimum absolute atomic E-state index is 0.212. The average Bonchev–Trinajstić information content (AvgIpc) is 3.11. The summed E-state index contributed by atoms with van der Waals surface area (Å²) in [6.45, 7) is 5.50. The first-order chi connectivity index (χ1) is 8.65. The molecular weight excluding hydrogens is 248 g/mol. The lowest BCUT2D eigenvalue weighted by molar-refractivity contribution is 0.383. The van der Waals surface area contributed by atoms with E-state index in [4.69, 9.17) is 11.6 Å². The molecule has 4 nitrogen and oxygen atoms in total. The molecule has 2 heterocycles. The molecule has 1 saturated carbocycles. The fraction of sp³-hybridized carbons (Fsp3) is 0.692. The molecule has 18 heavy (non-hydrogen) atoms. The zero-order chi connectivity index (χ0) is 12.6. The molecule has 98 valence electrons. The molecule has 0 aromatic carbocycles. The minimum Gasteiger partial charge on any atom is -0.353 e. The van der Waals surface area contributed by atoms with E-state index in [9.17, 15) is 0 Å².